The van der Waals surface area contributed by atoms with E-state index in [1.807, 2.05) is 12.1 Å². The van der Waals surface area contributed by atoms with Crippen molar-refractivity contribution in [1.82, 2.24) is 0 Å². The van der Waals surface area contributed by atoms with E-state index in [1.54, 1.807) is 6.07 Å². The van der Waals surface area contributed by atoms with Crippen molar-refractivity contribution in [2.24, 2.45) is 5.73 Å². The highest BCUT2D eigenvalue weighted by Crippen LogP contribution is 2.29. The van der Waals surface area contributed by atoms with Crippen LogP contribution < -0.4 is 10.6 Å². The number of nitrogens with two attached hydrogens (primary N) is 1. The summed E-state index contributed by atoms with van der Waals surface area (Å²) in [6.45, 7) is 0. The highest BCUT2D eigenvalue weighted by Gasteiger charge is 2.20. The summed E-state index contributed by atoms with van der Waals surface area (Å²) in [7, 11) is 2.10. The molecule has 0 aromatic heterocycles. The zero-order valence-corrected chi connectivity index (χ0v) is 12.2. The topological polar surface area (TPSA) is 53.1 Å². The van der Waals surface area contributed by atoms with E-state index in [-0.39, 0.29) is 5.84 Å². The van der Waals surface area contributed by atoms with Crippen LogP contribution >= 0.6 is 11.6 Å². The lowest BCUT2D eigenvalue weighted by molar-refractivity contribution is 0.553. The van der Waals surface area contributed by atoms with E-state index >= 15 is 0 Å². The molecule has 1 aliphatic rings. The lowest BCUT2D eigenvalue weighted by Crippen LogP contribution is -2.33. The average molecular weight is 280 g/mol. The van der Waals surface area contributed by atoms with Gasteiger partial charge in [0.15, 0.2) is 0 Å². The van der Waals surface area contributed by atoms with Gasteiger partial charge in [-0.3, -0.25) is 5.41 Å². The molecule has 3 N–H and O–H groups in total. The second-order valence-corrected chi connectivity index (χ2v) is 5.77. The molecule has 1 fully saturated rings. The first kappa shape index (κ1) is 14.2. The van der Waals surface area contributed by atoms with E-state index in [4.69, 9.17) is 22.7 Å². The molecule has 0 unspecified atom stereocenters. The number of hydrogen-bond acceptors (Lipinski definition) is 2. The maximum Gasteiger partial charge on any atom is 0.124 e. The first-order chi connectivity index (χ1) is 9.09. The average Bonchev–Trinajstić information content (AvgIpc) is 2.66. The maximum atomic E-state index is 7.72. The number of nitrogens with zero attached hydrogens (tertiary/aromatic N) is 1. The SMILES string of the molecule is CN(c1ccc(Cl)cc1C(=N)N)C1CCCCCC1. The number of rotatable bonds is 3. The molecule has 0 radical (unpaired) electrons. The molecule has 104 valence electrons. The van der Waals surface area contributed by atoms with Crippen LogP contribution in [-0.4, -0.2) is 18.9 Å². The van der Waals surface area contributed by atoms with E-state index in [9.17, 15) is 0 Å². The standard InChI is InChI=1S/C15H22ClN3/c1-19(12-6-4-2-3-5-7-12)14-9-8-11(16)10-13(14)15(17)18/h8-10,12H,2-7H2,1H3,(H3,17,18). The first-order valence-corrected chi connectivity index (χ1v) is 7.34. The van der Waals surface area contributed by atoms with Gasteiger partial charge in [-0.15, -0.1) is 0 Å². The van der Waals surface area contributed by atoms with Crippen molar-refractivity contribution in [3.05, 3.63) is 28.8 Å². The Morgan fingerprint density at radius 1 is 1.26 bits per heavy atom. The Morgan fingerprint density at radius 3 is 2.47 bits per heavy atom. The molecule has 2 rings (SSSR count). The van der Waals surface area contributed by atoms with Crippen LogP contribution in [0.3, 0.4) is 0 Å². The Hall–Kier alpha value is -1.22. The van der Waals surface area contributed by atoms with Crippen molar-refractivity contribution in [3.8, 4) is 0 Å². The normalized spacial score (nSPS) is 16.9. The highest BCUT2D eigenvalue weighted by atomic mass is 35.5. The van der Waals surface area contributed by atoms with Crippen LogP contribution in [0.5, 0.6) is 0 Å². The zero-order valence-electron chi connectivity index (χ0n) is 11.5. The molecular weight excluding hydrogens is 258 g/mol. The summed E-state index contributed by atoms with van der Waals surface area (Å²) in [5.41, 5.74) is 7.43. The molecule has 3 nitrogen and oxygen atoms in total. The summed E-state index contributed by atoms with van der Waals surface area (Å²) in [6, 6.07) is 6.18. The summed E-state index contributed by atoms with van der Waals surface area (Å²) in [4.78, 5) is 2.28. The highest BCUT2D eigenvalue weighted by molar-refractivity contribution is 6.31. The summed E-state index contributed by atoms with van der Waals surface area (Å²) in [5, 5.41) is 8.34. The quantitative estimate of drug-likeness (QED) is 0.502. The van der Waals surface area contributed by atoms with Gasteiger partial charge in [-0.05, 0) is 31.0 Å². The summed E-state index contributed by atoms with van der Waals surface area (Å²) in [5.74, 6) is 0.0815. The van der Waals surface area contributed by atoms with Gasteiger partial charge in [0.05, 0.1) is 0 Å². The Bertz CT molecular complexity index is 451. The zero-order chi connectivity index (χ0) is 13.8. The molecule has 0 atom stereocenters. The Balaban J connectivity index is 2.26. The number of amidine groups is 1. The van der Waals surface area contributed by atoms with Crippen molar-refractivity contribution < 1.29 is 0 Å². The fourth-order valence-corrected chi connectivity index (χ4v) is 3.05. The Kier molecular flexibility index (Phi) is 4.70. The largest absolute Gasteiger partial charge is 0.384 e. The third-order valence-electron chi connectivity index (χ3n) is 4.00. The summed E-state index contributed by atoms with van der Waals surface area (Å²) in [6.07, 6.45) is 7.69. The smallest absolute Gasteiger partial charge is 0.124 e. The third-order valence-corrected chi connectivity index (χ3v) is 4.24. The van der Waals surface area contributed by atoms with Crippen LogP contribution in [0.2, 0.25) is 5.02 Å². The fourth-order valence-electron chi connectivity index (χ4n) is 2.87. The molecule has 1 aliphatic carbocycles. The molecule has 0 heterocycles. The van der Waals surface area contributed by atoms with Gasteiger partial charge >= 0.3 is 0 Å². The minimum atomic E-state index is 0.0815. The molecule has 4 heteroatoms. The second kappa shape index (κ2) is 6.29. The maximum absolute atomic E-state index is 7.72. The van der Waals surface area contributed by atoms with Crippen molar-refractivity contribution in [3.63, 3.8) is 0 Å². The molecule has 0 amide bonds. The molecule has 19 heavy (non-hydrogen) atoms. The monoisotopic (exact) mass is 279 g/mol. The van der Waals surface area contributed by atoms with Gasteiger partial charge in [0, 0.05) is 29.4 Å². The van der Waals surface area contributed by atoms with Crippen molar-refractivity contribution >= 4 is 23.1 Å². The van der Waals surface area contributed by atoms with Crippen LogP contribution in [-0.2, 0) is 0 Å². The molecule has 1 saturated carbocycles. The molecule has 0 bridgehead atoms. The van der Waals surface area contributed by atoms with Gasteiger partial charge in [0.1, 0.15) is 5.84 Å². The summed E-state index contributed by atoms with van der Waals surface area (Å²) >= 11 is 6.01. The number of halogens is 1. The number of nitrogen functional groups attached to an aromatic ring is 1. The van der Waals surface area contributed by atoms with Gasteiger partial charge in [0.2, 0.25) is 0 Å². The lowest BCUT2D eigenvalue weighted by Gasteiger charge is -2.31. The number of hydrogen-bond donors (Lipinski definition) is 2. The molecule has 0 aliphatic heterocycles. The molecule has 0 spiro atoms. The third kappa shape index (κ3) is 3.41. The van der Waals surface area contributed by atoms with Gasteiger partial charge in [-0.25, -0.2) is 0 Å². The Morgan fingerprint density at radius 2 is 1.89 bits per heavy atom. The minimum Gasteiger partial charge on any atom is -0.384 e. The van der Waals surface area contributed by atoms with E-state index in [0.717, 1.165) is 11.3 Å². The summed E-state index contributed by atoms with van der Waals surface area (Å²) < 4.78 is 0. The Labute approximate surface area is 120 Å². The van der Waals surface area contributed by atoms with Gasteiger partial charge in [-0.1, -0.05) is 37.3 Å². The van der Waals surface area contributed by atoms with Gasteiger partial charge in [-0.2, -0.15) is 0 Å². The van der Waals surface area contributed by atoms with Gasteiger partial charge in [0.25, 0.3) is 0 Å². The number of anilines is 1. The van der Waals surface area contributed by atoms with Crippen LogP contribution in [0.25, 0.3) is 0 Å². The number of nitrogens with one attached hydrogen (secondary N) is 1. The molecule has 0 saturated heterocycles. The number of benzene rings is 1. The second-order valence-electron chi connectivity index (χ2n) is 5.33. The lowest BCUT2D eigenvalue weighted by atomic mass is 10.0. The van der Waals surface area contributed by atoms with Crippen LogP contribution in [0, 0.1) is 5.41 Å². The van der Waals surface area contributed by atoms with Crippen LogP contribution in [0.1, 0.15) is 44.1 Å². The van der Waals surface area contributed by atoms with Crippen molar-refractivity contribution in [2.45, 2.75) is 44.6 Å². The first-order valence-electron chi connectivity index (χ1n) is 6.96. The molecule has 1 aromatic carbocycles. The minimum absolute atomic E-state index is 0.0815. The molecule has 1 aromatic rings. The van der Waals surface area contributed by atoms with E-state index < -0.39 is 0 Å². The van der Waals surface area contributed by atoms with E-state index in [2.05, 4.69) is 11.9 Å². The molecular formula is C15H22ClN3. The predicted octanol–water partition coefficient (Wildman–Crippen LogP) is 3.78. The predicted molar refractivity (Wildman–Crippen MR) is 82.4 cm³/mol. The van der Waals surface area contributed by atoms with Crippen molar-refractivity contribution in [2.75, 3.05) is 11.9 Å². The van der Waals surface area contributed by atoms with E-state index in [0.29, 0.717) is 11.1 Å². The van der Waals surface area contributed by atoms with Crippen molar-refractivity contribution in [1.29, 1.82) is 5.41 Å². The van der Waals surface area contributed by atoms with Gasteiger partial charge < -0.3 is 10.6 Å². The van der Waals surface area contributed by atoms with E-state index in [1.165, 1.54) is 38.5 Å². The fraction of sp³-hybridized carbons (Fsp3) is 0.533. The van der Waals surface area contributed by atoms with Crippen LogP contribution in [0.15, 0.2) is 18.2 Å². The van der Waals surface area contributed by atoms with Crippen LogP contribution in [0.4, 0.5) is 5.69 Å².